The number of alkyl carbamates (subject to hydrolysis) is 1. The van der Waals surface area contributed by atoms with Gasteiger partial charge in [-0.05, 0) is 47.0 Å². The Kier molecular flexibility index (Phi) is 6.94. The van der Waals surface area contributed by atoms with Crippen LogP contribution in [-0.4, -0.2) is 31.5 Å². The molecule has 0 saturated carbocycles. The zero-order valence-corrected chi connectivity index (χ0v) is 20.2. The summed E-state index contributed by atoms with van der Waals surface area (Å²) in [6.07, 6.45) is -0.270. The van der Waals surface area contributed by atoms with E-state index in [2.05, 4.69) is 10.3 Å². The number of carbonyl (C=O) groups excluding carboxylic acids is 2. The number of nitrogens with zero attached hydrogens (tertiary/aromatic N) is 2. The van der Waals surface area contributed by atoms with Crippen molar-refractivity contribution >= 4 is 29.6 Å². The average Bonchev–Trinajstić information content (AvgIpc) is 3.08. The standard InChI is InChI=1S/C30H25N3O4/c1-36-26-16-14-22(15-17-26)23-12-13-24-19-31-28(32-30(35)37-20-21-8-4-2-5-9-21)29(34)33(27(24)18-23)25-10-6-3-7-11-25/h2-19,28H,20H2,1H3,(H,32,35). The summed E-state index contributed by atoms with van der Waals surface area (Å²) in [5.74, 6) is 0.365. The van der Waals surface area contributed by atoms with Crippen LogP contribution in [0.5, 0.6) is 5.75 Å². The molecule has 184 valence electrons. The lowest BCUT2D eigenvalue weighted by Gasteiger charge is -2.26. The lowest BCUT2D eigenvalue weighted by molar-refractivity contribution is -0.119. The monoisotopic (exact) mass is 491 g/mol. The first-order valence-electron chi connectivity index (χ1n) is 11.8. The number of methoxy groups -OCH3 is 1. The number of para-hydroxylation sites is 1. The van der Waals surface area contributed by atoms with Gasteiger partial charge < -0.3 is 9.47 Å². The van der Waals surface area contributed by atoms with Crippen LogP contribution < -0.4 is 15.0 Å². The van der Waals surface area contributed by atoms with Gasteiger partial charge in [-0.15, -0.1) is 0 Å². The number of hydrogen-bond donors (Lipinski definition) is 1. The number of benzodiazepines with no additional fused rings is 1. The number of hydrogen-bond acceptors (Lipinski definition) is 5. The molecule has 0 bridgehead atoms. The SMILES string of the molecule is COc1ccc(-c2ccc3c(c2)N(c2ccccc2)C(=O)C(NC(=O)OCc2ccccc2)N=C3)cc1. The third kappa shape index (κ3) is 5.36. The lowest BCUT2D eigenvalue weighted by atomic mass is 10.0. The Balaban J connectivity index is 1.44. The Morgan fingerprint density at radius 1 is 0.892 bits per heavy atom. The van der Waals surface area contributed by atoms with Gasteiger partial charge in [0.05, 0.1) is 12.8 Å². The summed E-state index contributed by atoms with van der Waals surface area (Å²) in [6, 6.07) is 32.2. The molecule has 1 N–H and O–H groups in total. The molecule has 0 aromatic heterocycles. The Morgan fingerprint density at radius 3 is 2.27 bits per heavy atom. The van der Waals surface area contributed by atoms with Crippen LogP contribution in [-0.2, 0) is 16.1 Å². The maximum Gasteiger partial charge on any atom is 0.409 e. The molecule has 0 fully saturated rings. The van der Waals surface area contributed by atoms with Crippen LogP contribution in [0.15, 0.2) is 108 Å². The fraction of sp³-hybridized carbons (Fsp3) is 0.100. The van der Waals surface area contributed by atoms with Crippen LogP contribution in [0.25, 0.3) is 11.1 Å². The van der Waals surface area contributed by atoms with Crippen molar-refractivity contribution in [3.8, 4) is 16.9 Å². The number of amides is 2. The molecular weight excluding hydrogens is 466 g/mol. The van der Waals surface area contributed by atoms with Crippen LogP contribution in [0.3, 0.4) is 0 Å². The minimum absolute atomic E-state index is 0.0884. The van der Waals surface area contributed by atoms with Crippen LogP contribution in [0.4, 0.5) is 16.2 Å². The van der Waals surface area contributed by atoms with Gasteiger partial charge >= 0.3 is 6.09 Å². The highest BCUT2D eigenvalue weighted by molar-refractivity contribution is 6.10. The van der Waals surface area contributed by atoms with Gasteiger partial charge in [0.25, 0.3) is 5.91 Å². The Hall–Kier alpha value is -4.91. The van der Waals surface area contributed by atoms with E-state index in [4.69, 9.17) is 9.47 Å². The van der Waals surface area contributed by atoms with Gasteiger partial charge in [0.1, 0.15) is 12.4 Å². The Morgan fingerprint density at radius 2 is 1.57 bits per heavy atom. The van der Waals surface area contributed by atoms with E-state index < -0.39 is 18.2 Å². The minimum atomic E-state index is -1.15. The van der Waals surface area contributed by atoms with Crippen LogP contribution in [0.1, 0.15) is 11.1 Å². The molecular formula is C30H25N3O4. The van der Waals surface area contributed by atoms with Gasteiger partial charge in [-0.2, -0.15) is 0 Å². The van der Waals surface area contributed by atoms with E-state index in [0.717, 1.165) is 28.0 Å². The molecule has 1 aliphatic rings. The summed E-state index contributed by atoms with van der Waals surface area (Å²) in [7, 11) is 1.63. The molecule has 2 amide bonds. The van der Waals surface area contributed by atoms with E-state index in [0.29, 0.717) is 11.4 Å². The number of benzene rings is 4. The van der Waals surface area contributed by atoms with E-state index in [1.165, 1.54) is 0 Å². The zero-order valence-electron chi connectivity index (χ0n) is 20.2. The lowest BCUT2D eigenvalue weighted by Crippen LogP contribution is -2.45. The molecule has 0 spiro atoms. The number of aliphatic imine (C=N–C) groups is 1. The van der Waals surface area contributed by atoms with Crippen molar-refractivity contribution in [2.24, 2.45) is 4.99 Å². The van der Waals surface area contributed by atoms with Gasteiger partial charge in [0, 0.05) is 17.5 Å². The molecule has 1 atom stereocenters. The van der Waals surface area contributed by atoms with E-state index in [-0.39, 0.29) is 6.61 Å². The van der Waals surface area contributed by atoms with E-state index >= 15 is 0 Å². The minimum Gasteiger partial charge on any atom is -0.497 e. The number of ether oxygens (including phenoxy) is 2. The summed E-state index contributed by atoms with van der Waals surface area (Å²) >= 11 is 0. The molecule has 4 aromatic carbocycles. The number of rotatable bonds is 6. The van der Waals surface area contributed by atoms with Crippen molar-refractivity contribution in [3.63, 3.8) is 0 Å². The number of nitrogens with one attached hydrogen (secondary N) is 1. The van der Waals surface area contributed by atoms with Crippen molar-refractivity contribution in [2.75, 3.05) is 12.0 Å². The number of carbonyl (C=O) groups is 2. The summed E-state index contributed by atoms with van der Waals surface area (Å²) in [6.45, 7) is 0.0884. The van der Waals surface area contributed by atoms with E-state index in [1.807, 2.05) is 103 Å². The van der Waals surface area contributed by atoms with Crippen molar-refractivity contribution in [1.82, 2.24) is 5.32 Å². The van der Waals surface area contributed by atoms with Crippen molar-refractivity contribution < 1.29 is 19.1 Å². The second kappa shape index (κ2) is 10.8. The highest BCUT2D eigenvalue weighted by Gasteiger charge is 2.31. The smallest absolute Gasteiger partial charge is 0.409 e. The highest BCUT2D eigenvalue weighted by Crippen LogP contribution is 2.35. The number of anilines is 2. The molecule has 0 aliphatic carbocycles. The van der Waals surface area contributed by atoms with Gasteiger partial charge in [-0.1, -0.05) is 72.8 Å². The Labute approximate surface area is 215 Å². The molecule has 7 heteroatoms. The fourth-order valence-corrected chi connectivity index (χ4v) is 4.09. The predicted octanol–water partition coefficient (Wildman–Crippen LogP) is 5.71. The van der Waals surface area contributed by atoms with Gasteiger partial charge in [0.2, 0.25) is 6.17 Å². The topological polar surface area (TPSA) is 80.2 Å². The quantitative estimate of drug-likeness (QED) is 0.375. The van der Waals surface area contributed by atoms with Gasteiger partial charge in [-0.25, -0.2) is 4.79 Å². The fourth-order valence-electron chi connectivity index (χ4n) is 4.09. The zero-order chi connectivity index (χ0) is 25.6. The molecule has 0 radical (unpaired) electrons. The molecule has 5 rings (SSSR count). The third-order valence-corrected chi connectivity index (χ3v) is 5.99. The maximum atomic E-state index is 13.8. The molecule has 4 aromatic rings. The second-order valence-electron chi connectivity index (χ2n) is 8.40. The molecule has 37 heavy (non-hydrogen) atoms. The first-order chi connectivity index (χ1) is 18.1. The van der Waals surface area contributed by atoms with E-state index in [9.17, 15) is 9.59 Å². The molecule has 1 heterocycles. The maximum absolute atomic E-state index is 13.8. The van der Waals surface area contributed by atoms with Gasteiger partial charge in [0.15, 0.2) is 0 Å². The molecule has 0 saturated heterocycles. The molecule has 1 aliphatic heterocycles. The van der Waals surface area contributed by atoms with Crippen LogP contribution in [0.2, 0.25) is 0 Å². The predicted molar refractivity (Wildman–Crippen MR) is 143 cm³/mol. The van der Waals surface area contributed by atoms with Crippen molar-refractivity contribution in [3.05, 3.63) is 114 Å². The average molecular weight is 492 g/mol. The van der Waals surface area contributed by atoms with Crippen LogP contribution >= 0.6 is 0 Å². The summed E-state index contributed by atoms with van der Waals surface area (Å²) in [5, 5.41) is 2.61. The van der Waals surface area contributed by atoms with Crippen molar-refractivity contribution in [2.45, 2.75) is 12.8 Å². The molecule has 7 nitrogen and oxygen atoms in total. The number of fused-ring (bicyclic) bond motifs is 1. The Bertz CT molecular complexity index is 1420. The summed E-state index contributed by atoms with van der Waals surface area (Å²) in [4.78, 5) is 32.3. The summed E-state index contributed by atoms with van der Waals surface area (Å²) in [5.41, 5.74) is 4.82. The van der Waals surface area contributed by atoms with Crippen LogP contribution in [0, 0.1) is 0 Å². The third-order valence-electron chi connectivity index (χ3n) is 5.99. The normalized spacial score (nSPS) is 14.5. The molecule has 1 unspecified atom stereocenters. The largest absolute Gasteiger partial charge is 0.497 e. The first-order valence-corrected chi connectivity index (χ1v) is 11.8. The van der Waals surface area contributed by atoms with Gasteiger partial charge in [-0.3, -0.25) is 20.0 Å². The highest BCUT2D eigenvalue weighted by atomic mass is 16.5. The first kappa shape index (κ1) is 23.8. The summed E-state index contributed by atoms with van der Waals surface area (Å²) < 4.78 is 10.6. The second-order valence-corrected chi connectivity index (χ2v) is 8.40. The van der Waals surface area contributed by atoms with Crippen molar-refractivity contribution in [1.29, 1.82) is 0 Å². The van der Waals surface area contributed by atoms with E-state index in [1.54, 1.807) is 18.2 Å².